The van der Waals surface area contributed by atoms with Crippen molar-refractivity contribution < 1.29 is 9.53 Å². The van der Waals surface area contributed by atoms with E-state index in [1.165, 1.54) is 4.90 Å². The second-order valence-corrected chi connectivity index (χ2v) is 4.54. The Morgan fingerprint density at radius 3 is 2.78 bits per heavy atom. The van der Waals surface area contributed by atoms with Crippen LogP contribution in [0.1, 0.15) is 25.3 Å². The SMILES string of the molecule is CC1CCC(C(=O)N(C)c2ccccc2C#N)O1. The van der Waals surface area contributed by atoms with Crippen LogP contribution in [0.2, 0.25) is 0 Å². The predicted octanol–water partition coefficient (Wildman–Crippen LogP) is 2.09. The van der Waals surface area contributed by atoms with Crippen LogP contribution >= 0.6 is 0 Å². The zero-order chi connectivity index (χ0) is 13.1. The maximum Gasteiger partial charge on any atom is 0.255 e. The van der Waals surface area contributed by atoms with Crippen LogP contribution in [0.15, 0.2) is 24.3 Å². The Morgan fingerprint density at radius 2 is 2.17 bits per heavy atom. The topological polar surface area (TPSA) is 53.3 Å². The van der Waals surface area contributed by atoms with Crippen molar-refractivity contribution in [2.24, 2.45) is 0 Å². The fraction of sp³-hybridized carbons (Fsp3) is 0.429. The summed E-state index contributed by atoms with van der Waals surface area (Å²) in [6.07, 6.45) is 1.42. The molecule has 1 saturated heterocycles. The molecule has 1 aliphatic heterocycles. The minimum Gasteiger partial charge on any atom is -0.365 e. The lowest BCUT2D eigenvalue weighted by Crippen LogP contribution is -2.36. The first-order valence-electron chi connectivity index (χ1n) is 6.05. The van der Waals surface area contributed by atoms with Gasteiger partial charge in [0.15, 0.2) is 0 Å². The molecule has 2 atom stereocenters. The average molecular weight is 244 g/mol. The van der Waals surface area contributed by atoms with Gasteiger partial charge in [0.1, 0.15) is 12.2 Å². The van der Waals surface area contributed by atoms with Crippen molar-refractivity contribution in [1.82, 2.24) is 0 Å². The van der Waals surface area contributed by atoms with E-state index in [1.807, 2.05) is 13.0 Å². The number of carbonyl (C=O) groups excluding carboxylic acids is 1. The van der Waals surface area contributed by atoms with E-state index in [9.17, 15) is 4.79 Å². The molecule has 0 aliphatic carbocycles. The summed E-state index contributed by atoms with van der Waals surface area (Å²) in [6.45, 7) is 1.97. The highest BCUT2D eigenvalue weighted by Gasteiger charge is 2.31. The molecule has 1 amide bonds. The van der Waals surface area contributed by atoms with E-state index in [0.717, 1.165) is 12.8 Å². The van der Waals surface area contributed by atoms with Crippen molar-refractivity contribution >= 4 is 11.6 Å². The Labute approximate surface area is 107 Å². The van der Waals surface area contributed by atoms with Gasteiger partial charge in [-0.05, 0) is 31.9 Å². The summed E-state index contributed by atoms with van der Waals surface area (Å²) < 4.78 is 5.57. The van der Waals surface area contributed by atoms with Crippen molar-refractivity contribution in [2.45, 2.75) is 32.0 Å². The number of anilines is 1. The predicted molar refractivity (Wildman–Crippen MR) is 68.1 cm³/mol. The molecule has 0 bridgehead atoms. The zero-order valence-electron chi connectivity index (χ0n) is 10.6. The van der Waals surface area contributed by atoms with Crippen LogP contribution in [0.3, 0.4) is 0 Å². The summed E-state index contributed by atoms with van der Waals surface area (Å²) in [5.41, 5.74) is 1.13. The number of hydrogen-bond donors (Lipinski definition) is 0. The van der Waals surface area contributed by atoms with Crippen molar-refractivity contribution in [3.05, 3.63) is 29.8 Å². The normalized spacial score (nSPS) is 22.5. The molecule has 1 heterocycles. The van der Waals surface area contributed by atoms with Crippen LogP contribution in [-0.4, -0.2) is 25.2 Å². The third-order valence-corrected chi connectivity index (χ3v) is 3.22. The van der Waals surface area contributed by atoms with Crippen LogP contribution in [-0.2, 0) is 9.53 Å². The Kier molecular flexibility index (Phi) is 3.63. The molecule has 4 nitrogen and oxygen atoms in total. The number of hydrogen-bond acceptors (Lipinski definition) is 3. The molecule has 0 saturated carbocycles. The summed E-state index contributed by atoms with van der Waals surface area (Å²) in [5.74, 6) is -0.0814. The van der Waals surface area contributed by atoms with Gasteiger partial charge in [0.25, 0.3) is 5.91 Å². The summed E-state index contributed by atoms with van der Waals surface area (Å²) in [5, 5.41) is 9.04. The first kappa shape index (κ1) is 12.6. The molecule has 2 unspecified atom stereocenters. The van der Waals surface area contributed by atoms with Gasteiger partial charge in [0.05, 0.1) is 17.4 Å². The zero-order valence-corrected chi connectivity index (χ0v) is 10.6. The summed E-state index contributed by atoms with van der Waals surface area (Å²) in [4.78, 5) is 13.8. The van der Waals surface area contributed by atoms with Crippen LogP contribution in [0.25, 0.3) is 0 Å². The van der Waals surface area contributed by atoms with E-state index in [0.29, 0.717) is 11.3 Å². The van der Waals surface area contributed by atoms with Crippen LogP contribution in [0.4, 0.5) is 5.69 Å². The van der Waals surface area contributed by atoms with E-state index in [1.54, 1.807) is 25.2 Å². The standard InChI is InChI=1S/C14H16N2O2/c1-10-7-8-13(18-10)14(17)16(2)12-6-4-3-5-11(12)9-15/h3-6,10,13H,7-8H2,1-2H3. The number of ether oxygens (including phenoxy) is 1. The van der Waals surface area contributed by atoms with Gasteiger partial charge < -0.3 is 9.64 Å². The maximum absolute atomic E-state index is 12.3. The van der Waals surface area contributed by atoms with Crippen molar-refractivity contribution in [1.29, 1.82) is 5.26 Å². The Hall–Kier alpha value is -1.86. The Balaban J connectivity index is 2.18. The molecule has 0 spiro atoms. The van der Waals surface area contributed by atoms with Gasteiger partial charge in [-0.2, -0.15) is 5.26 Å². The number of carbonyl (C=O) groups is 1. The Bertz CT molecular complexity index is 493. The number of benzene rings is 1. The minimum atomic E-state index is -0.378. The number of likely N-dealkylation sites (N-methyl/N-ethyl adjacent to an activating group) is 1. The van der Waals surface area contributed by atoms with Crippen LogP contribution < -0.4 is 4.90 Å². The van der Waals surface area contributed by atoms with Gasteiger partial charge in [-0.25, -0.2) is 0 Å². The maximum atomic E-state index is 12.3. The van der Waals surface area contributed by atoms with E-state index in [-0.39, 0.29) is 18.1 Å². The molecule has 94 valence electrons. The highest BCUT2D eigenvalue weighted by Crippen LogP contribution is 2.24. The number of rotatable bonds is 2. The van der Waals surface area contributed by atoms with Gasteiger partial charge in [-0.1, -0.05) is 12.1 Å². The molecule has 0 N–H and O–H groups in total. The first-order valence-corrected chi connectivity index (χ1v) is 6.05. The number of amides is 1. The van der Waals surface area contributed by atoms with E-state index >= 15 is 0 Å². The highest BCUT2D eigenvalue weighted by molar-refractivity contribution is 5.97. The summed E-state index contributed by atoms with van der Waals surface area (Å²) in [6, 6.07) is 9.18. The van der Waals surface area contributed by atoms with Crippen molar-refractivity contribution in [3.63, 3.8) is 0 Å². The molecule has 0 aromatic heterocycles. The van der Waals surface area contributed by atoms with Crippen molar-refractivity contribution in [2.75, 3.05) is 11.9 Å². The second kappa shape index (κ2) is 5.19. The van der Waals surface area contributed by atoms with E-state index in [2.05, 4.69) is 6.07 Å². The molecule has 4 heteroatoms. The largest absolute Gasteiger partial charge is 0.365 e. The highest BCUT2D eigenvalue weighted by atomic mass is 16.5. The average Bonchev–Trinajstić information content (AvgIpc) is 2.83. The molecular formula is C14H16N2O2. The second-order valence-electron chi connectivity index (χ2n) is 4.54. The lowest BCUT2D eigenvalue weighted by atomic mass is 10.1. The minimum absolute atomic E-state index is 0.0814. The summed E-state index contributed by atoms with van der Waals surface area (Å²) in [7, 11) is 1.69. The van der Waals surface area contributed by atoms with Gasteiger partial charge >= 0.3 is 0 Å². The lowest BCUT2D eigenvalue weighted by Gasteiger charge is -2.22. The van der Waals surface area contributed by atoms with E-state index in [4.69, 9.17) is 10.00 Å². The molecule has 1 aromatic carbocycles. The third kappa shape index (κ3) is 2.36. The van der Waals surface area contributed by atoms with Crippen molar-refractivity contribution in [3.8, 4) is 6.07 Å². The third-order valence-electron chi connectivity index (χ3n) is 3.22. The van der Waals surface area contributed by atoms with Gasteiger partial charge in [-0.15, -0.1) is 0 Å². The van der Waals surface area contributed by atoms with Gasteiger partial charge in [-0.3, -0.25) is 4.79 Å². The molecule has 1 aromatic rings. The number of nitriles is 1. The first-order chi connectivity index (χ1) is 8.63. The number of nitrogens with zero attached hydrogens (tertiary/aromatic N) is 2. The molecule has 18 heavy (non-hydrogen) atoms. The summed E-state index contributed by atoms with van der Waals surface area (Å²) >= 11 is 0. The van der Waals surface area contributed by atoms with E-state index < -0.39 is 0 Å². The van der Waals surface area contributed by atoms with Gasteiger partial charge in [0.2, 0.25) is 0 Å². The molecule has 1 fully saturated rings. The molecule has 0 radical (unpaired) electrons. The molecular weight excluding hydrogens is 228 g/mol. The fourth-order valence-corrected chi connectivity index (χ4v) is 2.18. The molecule has 2 rings (SSSR count). The monoisotopic (exact) mass is 244 g/mol. The van der Waals surface area contributed by atoms with Crippen LogP contribution in [0, 0.1) is 11.3 Å². The van der Waals surface area contributed by atoms with Crippen LogP contribution in [0.5, 0.6) is 0 Å². The smallest absolute Gasteiger partial charge is 0.255 e. The molecule has 1 aliphatic rings. The Morgan fingerprint density at radius 1 is 1.44 bits per heavy atom. The lowest BCUT2D eigenvalue weighted by molar-refractivity contribution is -0.128. The van der Waals surface area contributed by atoms with Gasteiger partial charge in [0, 0.05) is 7.05 Å². The quantitative estimate of drug-likeness (QED) is 0.800. The fourth-order valence-electron chi connectivity index (χ4n) is 2.18. The number of para-hydroxylation sites is 1.